The van der Waals surface area contributed by atoms with E-state index in [-0.39, 0.29) is 11.0 Å². The van der Waals surface area contributed by atoms with Gasteiger partial charge >= 0.3 is 0 Å². The molecule has 6 heteroatoms. The van der Waals surface area contributed by atoms with E-state index in [4.69, 9.17) is 12.2 Å². The van der Waals surface area contributed by atoms with E-state index in [0.717, 1.165) is 16.8 Å². The van der Waals surface area contributed by atoms with E-state index >= 15 is 0 Å². The number of thiazole rings is 1. The maximum Gasteiger partial charge on any atom is 0.250 e. The second-order valence-electron chi connectivity index (χ2n) is 5.59. The average molecular weight is 380 g/mol. The molecular weight excluding hydrogens is 362 g/mol. The Morgan fingerprint density at radius 2 is 1.85 bits per heavy atom. The Kier molecular flexibility index (Phi) is 5.88. The fourth-order valence-electron chi connectivity index (χ4n) is 2.21. The molecule has 1 aromatic heterocycles. The van der Waals surface area contributed by atoms with Crippen LogP contribution in [-0.4, -0.2) is 16.0 Å². The molecule has 0 aliphatic rings. The molecule has 0 spiro atoms. The van der Waals surface area contributed by atoms with Crippen LogP contribution in [0.15, 0.2) is 66.1 Å². The van der Waals surface area contributed by atoms with Crippen molar-refractivity contribution < 1.29 is 4.79 Å². The topological polar surface area (TPSA) is 54.0 Å². The Morgan fingerprint density at radius 1 is 1.12 bits per heavy atom. The van der Waals surface area contributed by atoms with Crippen molar-refractivity contribution in [3.63, 3.8) is 0 Å². The predicted molar refractivity (Wildman–Crippen MR) is 112 cm³/mol. The van der Waals surface area contributed by atoms with Gasteiger partial charge < -0.3 is 5.32 Å². The number of hydrogen-bond acceptors (Lipinski definition) is 4. The van der Waals surface area contributed by atoms with Gasteiger partial charge in [0.05, 0.1) is 5.69 Å². The van der Waals surface area contributed by atoms with E-state index in [1.165, 1.54) is 23.0 Å². The molecule has 3 aromatic rings. The molecule has 2 N–H and O–H groups in total. The van der Waals surface area contributed by atoms with Crippen LogP contribution in [0.1, 0.15) is 11.1 Å². The van der Waals surface area contributed by atoms with Crippen molar-refractivity contribution in [2.75, 3.05) is 5.32 Å². The van der Waals surface area contributed by atoms with Crippen LogP contribution in [0.4, 0.5) is 5.13 Å². The number of nitrogens with zero attached hydrogens (tertiary/aromatic N) is 1. The SMILES string of the molecule is Cc1ccc(-c2csc(NC(=S)NC(=O)/C=C\c3ccccc3)n2)cc1. The maximum absolute atomic E-state index is 11.9. The van der Waals surface area contributed by atoms with Gasteiger partial charge in [-0.25, -0.2) is 4.98 Å². The lowest BCUT2D eigenvalue weighted by Crippen LogP contribution is -2.32. The number of aromatic nitrogens is 1. The molecule has 2 aromatic carbocycles. The number of thiocarbonyl (C=S) groups is 1. The Balaban J connectivity index is 1.56. The first-order valence-electron chi connectivity index (χ1n) is 7.98. The summed E-state index contributed by atoms with van der Waals surface area (Å²) in [6.07, 6.45) is 3.18. The molecule has 4 nitrogen and oxygen atoms in total. The minimum absolute atomic E-state index is 0.220. The Hall–Kier alpha value is -2.83. The molecule has 3 rings (SSSR count). The number of anilines is 1. The van der Waals surface area contributed by atoms with Crippen LogP contribution < -0.4 is 10.6 Å². The van der Waals surface area contributed by atoms with Crippen LogP contribution in [-0.2, 0) is 4.79 Å². The number of carbonyl (C=O) groups is 1. The lowest BCUT2D eigenvalue weighted by atomic mass is 10.1. The summed E-state index contributed by atoms with van der Waals surface area (Å²) < 4.78 is 0. The van der Waals surface area contributed by atoms with Gasteiger partial charge in [0.2, 0.25) is 5.91 Å². The normalized spacial score (nSPS) is 10.7. The van der Waals surface area contributed by atoms with Crippen molar-refractivity contribution in [2.45, 2.75) is 6.92 Å². The third-order valence-electron chi connectivity index (χ3n) is 3.54. The number of carbonyl (C=O) groups excluding carboxylic acids is 1. The molecular formula is C20H17N3OS2. The van der Waals surface area contributed by atoms with Crippen LogP contribution in [0.5, 0.6) is 0 Å². The highest BCUT2D eigenvalue weighted by Crippen LogP contribution is 2.25. The molecule has 0 aliphatic carbocycles. The van der Waals surface area contributed by atoms with Crippen molar-refractivity contribution in [3.8, 4) is 11.3 Å². The van der Waals surface area contributed by atoms with Crippen molar-refractivity contribution >= 4 is 45.8 Å². The van der Waals surface area contributed by atoms with Crippen molar-refractivity contribution in [2.24, 2.45) is 0 Å². The van der Waals surface area contributed by atoms with Crippen LogP contribution in [0.3, 0.4) is 0 Å². The molecule has 0 aliphatic heterocycles. The van der Waals surface area contributed by atoms with Gasteiger partial charge in [-0.05, 0) is 30.8 Å². The lowest BCUT2D eigenvalue weighted by molar-refractivity contribution is -0.115. The molecule has 0 unspecified atom stereocenters. The smallest absolute Gasteiger partial charge is 0.250 e. The molecule has 1 heterocycles. The highest BCUT2D eigenvalue weighted by molar-refractivity contribution is 7.80. The van der Waals surface area contributed by atoms with Crippen LogP contribution >= 0.6 is 23.6 Å². The molecule has 0 fully saturated rings. The van der Waals surface area contributed by atoms with Gasteiger partial charge in [0, 0.05) is 17.0 Å². The van der Waals surface area contributed by atoms with Crippen LogP contribution in [0, 0.1) is 6.92 Å². The van der Waals surface area contributed by atoms with Gasteiger partial charge in [-0.1, -0.05) is 60.2 Å². The summed E-state index contributed by atoms with van der Waals surface area (Å²) >= 11 is 6.61. The number of aryl methyl sites for hydroxylation is 1. The van der Waals surface area contributed by atoms with E-state index in [1.807, 2.05) is 66.9 Å². The molecule has 130 valence electrons. The number of benzene rings is 2. The zero-order chi connectivity index (χ0) is 18.4. The first-order chi connectivity index (χ1) is 12.6. The average Bonchev–Trinajstić information content (AvgIpc) is 3.09. The first-order valence-corrected chi connectivity index (χ1v) is 9.26. The summed E-state index contributed by atoms with van der Waals surface area (Å²) in [7, 11) is 0. The summed E-state index contributed by atoms with van der Waals surface area (Å²) in [4.78, 5) is 16.4. The Labute approximate surface area is 161 Å². The van der Waals surface area contributed by atoms with Crippen LogP contribution in [0.2, 0.25) is 0 Å². The minimum atomic E-state index is -0.290. The second kappa shape index (κ2) is 8.51. The highest BCUT2D eigenvalue weighted by atomic mass is 32.1. The van der Waals surface area contributed by atoms with E-state index in [1.54, 1.807) is 6.08 Å². The Bertz CT molecular complexity index is 931. The molecule has 0 saturated carbocycles. The summed E-state index contributed by atoms with van der Waals surface area (Å²) in [6, 6.07) is 17.7. The van der Waals surface area contributed by atoms with Gasteiger partial charge in [0.25, 0.3) is 0 Å². The zero-order valence-corrected chi connectivity index (χ0v) is 15.7. The molecule has 26 heavy (non-hydrogen) atoms. The summed E-state index contributed by atoms with van der Waals surface area (Å²) in [5.74, 6) is -0.290. The van der Waals surface area contributed by atoms with Crippen molar-refractivity contribution in [1.29, 1.82) is 0 Å². The van der Waals surface area contributed by atoms with E-state index in [9.17, 15) is 4.79 Å². The fraction of sp³-hybridized carbons (Fsp3) is 0.0500. The number of amides is 1. The molecule has 0 saturated heterocycles. The number of nitrogens with one attached hydrogen (secondary N) is 2. The second-order valence-corrected chi connectivity index (χ2v) is 6.86. The largest absolute Gasteiger partial charge is 0.308 e. The monoisotopic (exact) mass is 379 g/mol. The van der Waals surface area contributed by atoms with Gasteiger partial charge in [-0.3, -0.25) is 10.1 Å². The molecule has 1 amide bonds. The van der Waals surface area contributed by atoms with E-state index in [2.05, 4.69) is 15.6 Å². The Morgan fingerprint density at radius 3 is 2.58 bits per heavy atom. The van der Waals surface area contributed by atoms with Crippen molar-refractivity contribution in [3.05, 3.63) is 77.2 Å². The van der Waals surface area contributed by atoms with E-state index < -0.39 is 0 Å². The minimum Gasteiger partial charge on any atom is -0.308 e. The third kappa shape index (κ3) is 5.08. The molecule has 0 radical (unpaired) electrons. The molecule has 0 bridgehead atoms. The first kappa shape index (κ1) is 18.0. The van der Waals surface area contributed by atoms with Crippen molar-refractivity contribution in [1.82, 2.24) is 10.3 Å². The van der Waals surface area contributed by atoms with Crippen LogP contribution in [0.25, 0.3) is 17.3 Å². The summed E-state index contributed by atoms with van der Waals surface area (Å²) in [6.45, 7) is 2.05. The standard InChI is InChI=1S/C20H17N3OS2/c1-14-7-10-16(11-8-14)17-13-26-20(21-17)23-19(25)22-18(24)12-9-15-5-3-2-4-6-15/h2-13H,1H3,(H2,21,22,23,24,25)/b12-9-. The summed E-state index contributed by atoms with van der Waals surface area (Å²) in [5, 5.41) is 8.37. The van der Waals surface area contributed by atoms with Gasteiger partial charge in [0.1, 0.15) is 0 Å². The molecule has 0 atom stereocenters. The third-order valence-corrected chi connectivity index (χ3v) is 4.50. The quantitative estimate of drug-likeness (QED) is 0.512. The lowest BCUT2D eigenvalue weighted by Gasteiger charge is -2.04. The van der Waals surface area contributed by atoms with Gasteiger partial charge in [0.15, 0.2) is 10.2 Å². The summed E-state index contributed by atoms with van der Waals surface area (Å²) in [5.41, 5.74) is 4.07. The maximum atomic E-state index is 11.9. The fourth-order valence-corrected chi connectivity index (χ4v) is 3.19. The predicted octanol–water partition coefficient (Wildman–Crippen LogP) is 4.64. The van der Waals surface area contributed by atoms with Gasteiger partial charge in [-0.2, -0.15) is 0 Å². The number of hydrogen-bond donors (Lipinski definition) is 2. The van der Waals surface area contributed by atoms with E-state index in [0.29, 0.717) is 5.13 Å². The number of rotatable bonds is 4. The van der Waals surface area contributed by atoms with Gasteiger partial charge in [-0.15, -0.1) is 11.3 Å². The highest BCUT2D eigenvalue weighted by Gasteiger charge is 2.07. The zero-order valence-electron chi connectivity index (χ0n) is 14.1.